The van der Waals surface area contributed by atoms with E-state index in [-0.39, 0.29) is 35.7 Å². The van der Waals surface area contributed by atoms with Crippen molar-refractivity contribution < 1.29 is 27.5 Å². The van der Waals surface area contributed by atoms with Crippen molar-refractivity contribution in [2.75, 3.05) is 30.8 Å². The molecule has 2 N–H and O–H groups in total. The Hall–Kier alpha value is -3.11. The third kappa shape index (κ3) is 4.67. The zero-order valence-electron chi connectivity index (χ0n) is 18.8. The maximum Gasteiger partial charge on any atom is 0.265 e. The maximum absolute atomic E-state index is 13.2. The summed E-state index contributed by atoms with van der Waals surface area (Å²) in [5.74, 6) is 0.224. The van der Waals surface area contributed by atoms with E-state index in [0.29, 0.717) is 35.7 Å². The fourth-order valence-corrected chi connectivity index (χ4v) is 5.51. The van der Waals surface area contributed by atoms with Crippen LogP contribution in [0.4, 0.5) is 11.4 Å². The van der Waals surface area contributed by atoms with Crippen molar-refractivity contribution in [3.05, 3.63) is 42.0 Å². The van der Waals surface area contributed by atoms with Gasteiger partial charge < -0.3 is 20.1 Å². The number of hydrogen-bond acceptors (Lipinski definition) is 6. The molecule has 10 heteroatoms. The summed E-state index contributed by atoms with van der Waals surface area (Å²) in [6.07, 6.45) is 0.174. The maximum atomic E-state index is 13.2. The van der Waals surface area contributed by atoms with Crippen LogP contribution in [-0.2, 0) is 19.6 Å². The molecule has 33 heavy (non-hydrogen) atoms. The summed E-state index contributed by atoms with van der Waals surface area (Å²) in [6.45, 7) is 4.00. The number of amides is 2. The molecular formula is C23H27N3O6S. The molecule has 2 amide bonds. The Morgan fingerprint density at radius 3 is 2.61 bits per heavy atom. The minimum Gasteiger partial charge on any atom is -0.495 e. The fourth-order valence-electron chi connectivity index (χ4n) is 4.01. The Balaban J connectivity index is 1.42. The summed E-state index contributed by atoms with van der Waals surface area (Å²) in [5.41, 5.74) is 1.93. The first-order valence-corrected chi connectivity index (χ1v) is 12.2. The standard InChI is InChI=1S/C23H27N3O6S/c1-14-4-6-20(31-3)18(12-14)25-23(28)16-8-10-26(11-9-16)33(29,30)17-5-7-21-19(13-17)24-22(27)15(2)32-21/h4-7,12-13,15-16H,8-11H2,1-3H3,(H,24,27)(H,25,28)/t15-/m0/s1. The molecule has 4 rings (SSSR count). The van der Waals surface area contributed by atoms with Crippen molar-refractivity contribution in [1.29, 1.82) is 0 Å². The van der Waals surface area contributed by atoms with E-state index in [1.165, 1.54) is 16.4 Å². The number of benzene rings is 2. The number of fused-ring (bicyclic) bond motifs is 1. The van der Waals surface area contributed by atoms with E-state index in [9.17, 15) is 18.0 Å². The number of carbonyl (C=O) groups is 2. The third-order valence-electron chi connectivity index (χ3n) is 5.96. The topological polar surface area (TPSA) is 114 Å². The van der Waals surface area contributed by atoms with Gasteiger partial charge in [0.05, 0.1) is 23.4 Å². The molecule has 2 aliphatic heterocycles. The summed E-state index contributed by atoms with van der Waals surface area (Å²) >= 11 is 0. The number of sulfonamides is 1. The molecule has 0 radical (unpaired) electrons. The van der Waals surface area contributed by atoms with E-state index in [2.05, 4.69) is 10.6 Å². The van der Waals surface area contributed by atoms with Gasteiger partial charge in [-0.05, 0) is 62.6 Å². The number of piperidine rings is 1. The van der Waals surface area contributed by atoms with Gasteiger partial charge in [-0.2, -0.15) is 4.31 Å². The quantitative estimate of drug-likeness (QED) is 0.690. The lowest BCUT2D eigenvalue weighted by Gasteiger charge is -2.31. The summed E-state index contributed by atoms with van der Waals surface area (Å²) in [4.78, 5) is 24.7. The first-order chi connectivity index (χ1) is 15.7. The molecule has 2 aromatic carbocycles. The average molecular weight is 474 g/mol. The zero-order valence-corrected chi connectivity index (χ0v) is 19.6. The molecule has 2 aliphatic rings. The van der Waals surface area contributed by atoms with Crippen molar-refractivity contribution in [3.63, 3.8) is 0 Å². The smallest absolute Gasteiger partial charge is 0.265 e. The predicted octanol–water partition coefficient (Wildman–Crippen LogP) is 2.76. The summed E-state index contributed by atoms with van der Waals surface area (Å²) in [7, 11) is -2.23. The molecule has 0 saturated carbocycles. The van der Waals surface area contributed by atoms with Crippen LogP contribution in [0.1, 0.15) is 25.3 Å². The van der Waals surface area contributed by atoms with E-state index in [0.717, 1.165) is 5.56 Å². The van der Waals surface area contributed by atoms with Crippen LogP contribution in [0, 0.1) is 12.8 Å². The number of nitrogens with zero attached hydrogens (tertiary/aromatic N) is 1. The molecule has 0 spiro atoms. The predicted molar refractivity (Wildman–Crippen MR) is 123 cm³/mol. The van der Waals surface area contributed by atoms with Crippen LogP contribution in [0.25, 0.3) is 0 Å². The minimum atomic E-state index is -3.78. The van der Waals surface area contributed by atoms with Crippen molar-refractivity contribution in [3.8, 4) is 11.5 Å². The molecular weight excluding hydrogens is 446 g/mol. The molecule has 0 aromatic heterocycles. The number of hydrogen-bond donors (Lipinski definition) is 2. The highest BCUT2D eigenvalue weighted by Crippen LogP contribution is 2.34. The second-order valence-electron chi connectivity index (χ2n) is 8.28. The highest BCUT2D eigenvalue weighted by Gasteiger charge is 2.33. The van der Waals surface area contributed by atoms with Crippen molar-refractivity contribution in [2.45, 2.75) is 37.7 Å². The van der Waals surface area contributed by atoms with Crippen molar-refractivity contribution in [2.24, 2.45) is 5.92 Å². The molecule has 0 unspecified atom stereocenters. The van der Waals surface area contributed by atoms with E-state index < -0.39 is 16.1 Å². The highest BCUT2D eigenvalue weighted by molar-refractivity contribution is 7.89. The normalized spacial score (nSPS) is 19.2. The van der Waals surface area contributed by atoms with Crippen LogP contribution in [0.2, 0.25) is 0 Å². The van der Waals surface area contributed by atoms with Gasteiger partial charge in [-0.25, -0.2) is 8.42 Å². The Bertz CT molecular complexity index is 1190. The number of rotatable bonds is 5. The van der Waals surface area contributed by atoms with Crippen LogP contribution < -0.4 is 20.1 Å². The Kier molecular flexibility index (Phi) is 6.31. The largest absolute Gasteiger partial charge is 0.495 e. The summed E-state index contributed by atoms with van der Waals surface area (Å²) in [5, 5.41) is 5.59. The van der Waals surface area contributed by atoms with E-state index in [1.54, 1.807) is 26.2 Å². The first-order valence-electron chi connectivity index (χ1n) is 10.8. The summed E-state index contributed by atoms with van der Waals surface area (Å²) < 4.78 is 38.5. The Morgan fingerprint density at radius 2 is 1.91 bits per heavy atom. The second kappa shape index (κ2) is 9.03. The van der Waals surface area contributed by atoms with Crippen molar-refractivity contribution in [1.82, 2.24) is 4.31 Å². The van der Waals surface area contributed by atoms with Gasteiger partial charge in [-0.15, -0.1) is 0 Å². The lowest BCUT2D eigenvalue weighted by atomic mass is 9.97. The number of aryl methyl sites for hydroxylation is 1. The number of carbonyl (C=O) groups excluding carboxylic acids is 2. The van der Waals surface area contributed by atoms with Gasteiger partial charge in [-0.3, -0.25) is 9.59 Å². The Morgan fingerprint density at radius 1 is 1.18 bits per heavy atom. The minimum absolute atomic E-state index is 0.0760. The molecule has 1 saturated heterocycles. The van der Waals surface area contributed by atoms with Crippen molar-refractivity contribution >= 4 is 33.2 Å². The first kappa shape index (κ1) is 23.1. The third-order valence-corrected chi connectivity index (χ3v) is 7.85. The van der Waals surface area contributed by atoms with Gasteiger partial charge in [0.15, 0.2) is 6.10 Å². The molecule has 176 valence electrons. The van der Waals surface area contributed by atoms with Gasteiger partial charge >= 0.3 is 0 Å². The molecule has 0 aliphatic carbocycles. The van der Waals surface area contributed by atoms with Crippen LogP contribution in [0.3, 0.4) is 0 Å². The lowest BCUT2D eigenvalue weighted by molar-refractivity contribution is -0.123. The van der Waals surface area contributed by atoms with E-state index in [1.807, 2.05) is 19.1 Å². The molecule has 1 fully saturated rings. The zero-order chi connectivity index (χ0) is 23.8. The molecule has 1 atom stereocenters. The van der Waals surface area contributed by atoms with Gasteiger partial charge in [0, 0.05) is 19.0 Å². The van der Waals surface area contributed by atoms with Gasteiger partial charge in [0.2, 0.25) is 15.9 Å². The number of ether oxygens (including phenoxy) is 2. The molecule has 2 aromatic rings. The highest BCUT2D eigenvalue weighted by atomic mass is 32.2. The number of nitrogens with one attached hydrogen (secondary N) is 2. The Labute approximate surface area is 193 Å². The number of methoxy groups -OCH3 is 1. The van der Waals surface area contributed by atoms with Crippen LogP contribution >= 0.6 is 0 Å². The van der Waals surface area contributed by atoms with Gasteiger partial charge in [0.25, 0.3) is 5.91 Å². The SMILES string of the molecule is COc1ccc(C)cc1NC(=O)C1CCN(S(=O)(=O)c2ccc3c(c2)NC(=O)[C@H](C)O3)CC1. The van der Waals surface area contributed by atoms with Gasteiger partial charge in [0.1, 0.15) is 11.5 Å². The average Bonchev–Trinajstić information content (AvgIpc) is 2.79. The number of anilines is 2. The monoisotopic (exact) mass is 473 g/mol. The van der Waals surface area contributed by atoms with Gasteiger partial charge in [-0.1, -0.05) is 6.07 Å². The van der Waals surface area contributed by atoms with Crippen LogP contribution in [0.15, 0.2) is 41.3 Å². The molecule has 2 heterocycles. The van der Waals surface area contributed by atoms with Crippen LogP contribution in [0.5, 0.6) is 11.5 Å². The molecule has 9 nitrogen and oxygen atoms in total. The van der Waals surface area contributed by atoms with E-state index in [4.69, 9.17) is 9.47 Å². The van der Waals surface area contributed by atoms with Crippen LogP contribution in [-0.4, -0.2) is 50.8 Å². The fraction of sp³-hybridized carbons (Fsp3) is 0.391. The lowest BCUT2D eigenvalue weighted by Crippen LogP contribution is -2.41. The second-order valence-corrected chi connectivity index (χ2v) is 10.2. The molecule has 0 bridgehead atoms. The van der Waals surface area contributed by atoms with E-state index >= 15 is 0 Å². The summed E-state index contributed by atoms with van der Waals surface area (Å²) in [6, 6.07) is 9.98.